The van der Waals surface area contributed by atoms with Gasteiger partial charge in [0.05, 0.1) is 0 Å². The lowest BCUT2D eigenvalue weighted by molar-refractivity contribution is 0.215. The van der Waals surface area contributed by atoms with E-state index < -0.39 is 0 Å². The quantitative estimate of drug-likeness (QED) is 0.706. The average molecular weight is 312 g/mol. The first-order valence-electron chi connectivity index (χ1n) is 8.34. The van der Waals surface area contributed by atoms with Crippen molar-refractivity contribution in [2.24, 2.45) is 11.8 Å². The second-order valence-electron chi connectivity index (χ2n) is 6.27. The van der Waals surface area contributed by atoms with Crippen LogP contribution in [0.5, 0.6) is 0 Å². The Balaban J connectivity index is 2.11. The topological polar surface area (TPSA) is 12.0 Å². The minimum absolute atomic E-state index is 0.181. The van der Waals surface area contributed by atoms with Crippen molar-refractivity contribution >= 4 is 11.6 Å². The molecule has 1 aromatic carbocycles. The third-order valence-electron chi connectivity index (χ3n) is 4.78. The van der Waals surface area contributed by atoms with Crippen LogP contribution >= 0.6 is 11.6 Å². The number of benzene rings is 1. The first kappa shape index (κ1) is 16.8. The van der Waals surface area contributed by atoms with Crippen molar-refractivity contribution in [1.82, 2.24) is 5.32 Å². The first-order chi connectivity index (χ1) is 10.2. The summed E-state index contributed by atoms with van der Waals surface area (Å²) >= 11 is 6.32. The summed E-state index contributed by atoms with van der Waals surface area (Å²) in [6, 6.07) is 4.90. The smallest absolute Gasteiger partial charge is 0.123 e. The molecule has 1 N–H and O–H groups in total. The first-order valence-corrected chi connectivity index (χ1v) is 8.71. The monoisotopic (exact) mass is 311 g/mol. The van der Waals surface area contributed by atoms with Gasteiger partial charge in [0.1, 0.15) is 5.82 Å². The molecule has 0 amide bonds. The molecule has 0 radical (unpaired) electrons. The second kappa shape index (κ2) is 8.14. The van der Waals surface area contributed by atoms with Crippen LogP contribution in [0.1, 0.15) is 64.0 Å². The Kier molecular flexibility index (Phi) is 6.50. The number of nitrogens with one attached hydrogen (secondary N) is 1. The van der Waals surface area contributed by atoms with E-state index in [1.165, 1.54) is 44.6 Å². The normalized spacial score (nSPS) is 24.0. The largest absolute Gasteiger partial charge is 0.310 e. The van der Waals surface area contributed by atoms with Crippen molar-refractivity contribution in [3.8, 4) is 0 Å². The van der Waals surface area contributed by atoms with Crippen LogP contribution in [0.4, 0.5) is 4.39 Å². The van der Waals surface area contributed by atoms with Crippen LogP contribution in [0.15, 0.2) is 18.2 Å². The molecule has 1 fully saturated rings. The number of rotatable bonds is 6. The molecule has 0 aromatic heterocycles. The zero-order chi connectivity index (χ0) is 15.2. The number of hydrogen-bond donors (Lipinski definition) is 1. The van der Waals surface area contributed by atoms with E-state index in [-0.39, 0.29) is 11.9 Å². The minimum atomic E-state index is -0.197. The van der Waals surface area contributed by atoms with Gasteiger partial charge in [-0.1, -0.05) is 51.1 Å². The van der Waals surface area contributed by atoms with Crippen LogP contribution in [0.3, 0.4) is 0 Å². The number of halogens is 2. The maximum atomic E-state index is 13.6. The zero-order valence-electron chi connectivity index (χ0n) is 13.2. The molecular formula is C18H27ClFN. The van der Waals surface area contributed by atoms with Crippen molar-refractivity contribution in [2.75, 3.05) is 6.54 Å². The maximum Gasteiger partial charge on any atom is 0.123 e. The summed E-state index contributed by atoms with van der Waals surface area (Å²) in [5.74, 6) is 1.26. The molecule has 0 aliphatic heterocycles. The molecular weight excluding hydrogens is 285 g/mol. The van der Waals surface area contributed by atoms with Gasteiger partial charge in [-0.2, -0.15) is 0 Å². The lowest BCUT2D eigenvalue weighted by Crippen LogP contribution is -2.31. The fourth-order valence-electron chi connectivity index (χ4n) is 3.72. The molecule has 0 spiro atoms. The van der Waals surface area contributed by atoms with Gasteiger partial charge < -0.3 is 5.32 Å². The summed E-state index contributed by atoms with van der Waals surface area (Å²) in [5.41, 5.74) is 0.928. The van der Waals surface area contributed by atoms with E-state index in [1.54, 1.807) is 12.1 Å². The Bertz CT molecular complexity index is 441. The fraction of sp³-hybridized carbons (Fsp3) is 0.667. The SMILES string of the molecule is CCCC1CCC(C(NCC)c2cc(F)ccc2Cl)CC1. The fourth-order valence-corrected chi connectivity index (χ4v) is 3.96. The zero-order valence-corrected chi connectivity index (χ0v) is 13.9. The van der Waals surface area contributed by atoms with E-state index in [1.807, 2.05) is 0 Å². The molecule has 0 saturated heterocycles. The lowest BCUT2D eigenvalue weighted by Gasteiger charge is -2.35. The Labute approximate surface area is 133 Å². The summed E-state index contributed by atoms with van der Waals surface area (Å²) in [4.78, 5) is 0. The van der Waals surface area contributed by atoms with Crippen LogP contribution in [0.2, 0.25) is 5.02 Å². The maximum absolute atomic E-state index is 13.6. The van der Waals surface area contributed by atoms with Gasteiger partial charge in [-0.3, -0.25) is 0 Å². The van der Waals surface area contributed by atoms with Crippen molar-refractivity contribution in [3.63, 3.8) is 0 Å². The van der Waals surface area contributed by atoms with E-state index in [2.05, 4.69) is 19.2 Å². The van der Waals surface area contributed by atoms with Crippen LogP contribution in [-0.4, -0.2) is 6.54 Å². The Morgan fingerprint density at radius 1 is 1.24 bits per heavy atom. The van der Waals surface area contributed by atoms with E-state index in [0.29, 0.717) is 10.9 Å². The molecule has 1 nitrogen and oxygen atoms in total. The standard InChI is InChI=1S/C18H27ClFN/c1-3-5-13-6-8-14(9-7-13)18(21-4-2)16-12-15(20)10-11-17(16)19/h10-14,18,21H,3-9H2,1-2H3. The van der Waals surface area contributed by atoms with Gasteiger partial charge in [-0.25, -0.2) is 4.39 Å². The molecule has 1 atom stereocenters. The highest BCUT2D eigenvalue weighted by Gasteiger charge is 2.29. The van der Waals surface area contributed by atoms with Crippen molar-refractivity contribution in [2.45, 2.75) is 58.4 Å². The molecule has 118 valence electrons. The van der Waals surface area contributed by atoms with Gasteiger partial charge in [0.2, 0.25) is 0 Å². The van der Waals surface area contributed by atoms with Crippen LogP contribution in [0, 0.1) is 17.7 Å². The molecule has 21 heavy (non-hydrogen) atoms. The predicted molar refractivity (Wildman–Crippen MR) is 88.2 cm³/mol. The van der Waals surface area contributed by atoms with Crippen molar-refractivity contribution < 1.29 is 4.39 Å². The minimum Gasteiger partial charge on any atom is -0.310 e. The van der Waals surface area contributed by atoms with Gasteiger partial charge in [-0.15, -0.1) is 0 Å². The molecule has 2 rings (SSSR count). The molecule has 1 aromatic rings. The highest BCUT2D eigenvalue weighted by molar-refractivity contribution is 6.31. The van der Waals surface area contributed by atoms with Gasteiger partial charge in [0, 0.05) is 11.1 Å². The summed E-state index contributed by atoms with van der Waals surface area (Å²) in [6.07, 6.45) is 7.66. The van der Waals surface area contributed by atoms with Gasteiger partial charge in [0.25, 0.3) is 0 Å². The third-order valence-corrected chi connectivity index (χ3v) is 5.12. The van der Waals surface area contributed by atoms with Crippen LogP contribution in [0.25, 0.3) is 0 Å². The highest BCUT2D eigenvalue weighted by Crippen LogP contribution is 2.40. The van der Waals surface area contributed by atoms with Gasteiger partial charge >= 0.3 is 0 Å². The van der Waals surface area contributed by atoms with Crippen LogP contribution in [-0.2, 0) is 0 Å². The molecule has 1 saturated carbocycles. The molecule has 0 heterocycles. The van der Waals surface area contributed by atoms with Gasteiger partial charge in [0.15, 0.2) is 0 Å². The predicted octanol–water partition coefficient (Wildman–Crippen LogP) is 5.74. The van der Waals surface area contributed by atoms with Gasteiger partial charge in [-0.05, 0) is 55.0 Å². The van der Waals surface area contributed by atoms with Crippen molar-refractivity contribution in [3.05, 3.63) is 34.6 Å². The summed E-state index contributed by atoms with van der Waals surface area (Å²) in [6.45, 7) is 5.25. The Morgan fingerprint density at radius 2 is 1.95 bits per heavy atom. The third kappa shape index (κ3) is 4.43. The van der Waals surface area contributed by atoms with Crippen LogP contribution < -0.4 is 5.32 Å². The van der Waals surface area contributed by atoms with E-state index in [4.69, 9.17) is 11.6 Å². The Hall–Kier alpha value is -0.600. The average Bonchev–Trinajstić information content (AvgIpc) is 2.49. The van der Waals surface area contributed by atoms with E-state index >= 15 is 0 Å². The molecule has 3 heteroatoms. The number of hydrogen-bond acceptors (Lipinski definition) is 1. The van der Waals surface area contributed by atoms with E-state index in [9.17, 15) is 4.39 Å². The van der Waals surface area contributed by atoms with E-state index in [0.717, 1.165) is 18.0 Å². The molecule has 1 aliphatic rings. The molecule has 1 aliphatic carbocycles. The second-order valence-corrected chi connectivity index (χ2v) is 6.68. The summed E-state index contributed by atoms with van der Waals surface area (Å²) in [5, 5.41) is 4.21. The molecule has 0 bridgehead atoms. The Morgan fingerprint density at radius 3 is 2.57 bits per heavy atom. The lowest BCUT2D eigenvalue weighted by atomic mass is 9.75. The van der Waals surface area contributed by atoms with Crippen molar-refractivity contribution in [1.29, 1.82) is 0 Å². The highest BCUT2D eigenvalue weighted by atomic mass is 35.5. The molecule has 1 unspecified atom stereocenters. The summed E-state index contributed by atoms with van der Waals surface area (Å²) in [7, 11) is 0. The summed E-state index contributed by atoms with van der Waals surface area (Å²) < 4.78 is 13.6.